The Morgan fingerprint density at radius 1 is 1.37 bits per heavy atom. The van der Waals surface area contributed by atoms with Crippen LogP contribution in [0.4, 0.5) is 4.39 Å². The number of benzene rings is 1. The predicted molar refractivity (Wildman–Crippen MR) is 70.6 cm³/mol. The Hall–Kier alpha value is -0.980. The van der Waals surface area contributed by atoms with E-state index in [1.54, 1.807) is 7.05 Å². The number of hydrogen-bond acceptors (Lipinski definition) is 3. The molecule has 0 saturated carbocycles. The Kier molecular flexibility index (Phi) is 4.54. The molecule has 0 aliphatic carbocycles. The lowest BCUT2D eigenvalue weighted by Crippen LogP contribution is -2.34. The molecule has 0 N–H and O–H groups in total. The van der Waals surface area contributed by atoms with Crippen molar-refractivity contribution in [3.63, 3.8) is 0 Å². The largest absolute Gasteiger partial charge is 0.377 e. The lowest BCUT2D eigenvalue weighted by molar-refractivity contribution is 0.0978. The molecule has 106 valence electrons. The van der Waals surface area contributed by atoms with Crippen molar-refractivity contribution in [3.05, 3.63) is 35.6 Å². The van der Waals surface area contributed by atoms with Crippen molar-refractivity contribution in [1.29, 1.82) is 0 Å². The average molecular weight is 287 g/mol. The Bertz CT molecular complexity index is 509. The topological polar surface area (TPSA) is 46.6 Å². The molecular formula is C13H18FNO3S. The minimum atomic E-state index is -3.38. The Morgan fingerprint density at radius 3 is 2.63 bits per heavy atom. The van der Waals surface area contributed by atoms with Gasteiger partial charge in [-0.05, 0) is 30.5 Å². The number of halogens is 1. The van der Waals surface area contributed by atoms with Gasteiger partial charge in [0.2, 0.25) is 10.0 Å². The highest BCUT2D eigenvalue weighted by atomic mass is 32.2. The monoisotopic (exact) mass is 287 g/mol. The summed E-state index contributed by atoms with van der Waals surface area (Å²) in [6.07, 6.45) is 1.88. The first-order valence-corrected chi connectivity index (χ1v) is 7.88. The van der Waals surface area contributed by atoms with Crippen molar-refractivity contribution in [1.82, 2.24) is 4.31 Å². The maximum atomic E-state index is 12.8. The zero-order valence-electron chi connectivity index (χ0n) is 10.9. The SMILES string of the molecule is CN(CC1CCCO1)S(=O)(=O)Cc1ccc(F)cc1. The maximum absolute atomic E-state index is 12.8. The van der Waals surface area contributed by atoms with E-state index in [2.05, 4.69) is 0 Å². The molecule has 1 aliphatic rings. The summed E-state index contributed by atoms with van der Waals surface area (Å²) < 4.78 is 43.8. The number of hydrogen-bond donors (Lipinski definition) is 0. The van der Waals surface area contributed by atoms with E-state index in [0.29, 0.717) is 18.7 Å². The van der Waals surface area contributed by atoms with Crippen LogP contribution in [0.25, 0.3) is 0 Å². The number of nitrogens with zero attached hydrogens (tertiary/aromatic N) is 1. The molecule has 1 aromatic carbocycles. The van der Waals surface area contributed by atoms with E-state index in [-0.39, 0.29) is 17.7 Å². The summed E-state index contributed by atoms with van der Waals surface area (Å²) in [4.78, 5) is 0. The summed E-state index contributed by atoms with van der Waals surface area (Å²) in [7, 11) is -1.83. The Balaban J connectivity index is 1.98. The van der Waals surface area contributed by atoms with E-state index in [9.17, 15) is 12.8 Å². The van der Waals surface area contributed by atoms with Gasteiger partial charge in [0.15, 0.2) is 0 Å². The number of likely N-dealkylation sites (N-methyl/N-ethyl adjacent to an activating group) is 1. The van der Waals surface area contributed by atoms with Crippen molar-refractivity contribution in [2.24, 2.45) is 0 Å². The van der Waals surface area contributed by atoms with E-state index >= 15 is 0 Å². The van der Waals surface area contributed by atoms with Crippen LogP contribution in [0.1, 0.15) is 18.4 Å². The van der Waals surface area contributed by atoms with Gasteiger partial charge in [0.05, 0.1) is 11.9 Å². The third-order valence-corrected chi connectivity index (χ3v) is 5.02. The molecule has 0 aromatic heterocycles. The molecule has 0 radical (unpaired) electrons. The van der Waals surface area contributed by atoms with Gasteiger partial charge in [0.25, 0.3) is 0 Å². The van der Waals surface area contributed by atoms with E-state index in [0.717, 1.165) is 12.8 Å². The molecular weight excluding hydrogens is 269 g/mol. The van der Waals surface area contributed by atoms with Gasteiger partial charge in [-0.15, -0.1) is 0 Å². The van der Waals surface area contributed by atoms with Crippen LogP contribution < -0.4 is 0 Å². The van der Waals surface area contributed by atoms with E-state index in [1.165, 1.54) is 28.6 Å². The van der Waals surface area contributed by atoms with E-state index < -0.39 is 10.0 Å². The fourth-order valence-electron chi connectivity index (χ4n) is 2.09. The molecule has 1 saturated heterocycles. The van der Waals surface area contributed by atoms with Crippen LogP contribution in [0.15, 0.2) is 24.3 Å². The molecule has 1 heterocycles. The summed E-state index contributed by atoms with van der Waals surface area (Å²) >= 11 is 0. The van der Waals surface area contributed by atoms with Crippen molar-refractivity contribution in [2.45, 2.75) is 24.7 Å². The van der Waals surface area contributed by atoms with Crippen molar-refractivity contribution in [2.75, 3.05) is 20.2 Å². The first-order chi connectivity index (χ1) is 8.97. The molecule has 0 amide bonds. The Labute approximate surface area is 113 Å². The van der Waals surface area contributed by atoms with Crippen LogP contribution in [0.2, 0.25) is 0 Å². The number of rotatable bonds is 5. The molecule has 0 bridgehead atoms. The molecule has 0 spiro atoms. The van der Waals surface area contributed by atoms with Gasteiger partial charge in [-0.2, -0.15) is 0 Å². The molecule has 1 aromatic rings. The van der Waals surface area contributed by atoms with Crippen LogP contribution >= 0.6 is 0 Å². The van der Waals surface area contributed by atoms with Gasteiger partial charge < -0.3 is 4.74 Å². The highest BCUT2D eigenvalue weighted by molar-refractivity contribution is 7.88. The lowest BCUT2D eigenvalue weighted by atomic mass is 10.2. The summed E-state index contributed by atoms with van der Waals surface area (Å²) in [5.41, 5.74) is 0.584. The predicted octanol–water partition coefficient (Wildman–Crippen LogP) is 1.77. The molecule has 6 heteroatoms. The minimum Gasteiger partial charge on any atom is -0.377 e. The average Bonchev–Trinajstić information content (AvgIpc) is 2.84. The standard InChI is InChI=1S/C13H18FNO3S/c1-15(9-13-3-2-8-18-13)19(16,17)10-11-4-6-12(14)7-5-11/h4-7,13H,2-3,8-10H2,1H3. The second-order valence-electron chi connectivity index (χ2n) is 4.80. The maximum Gasteiger partial charge on any atom is 0.218 e. The van der Waals surface area contributed by atoms with Crippen LogP contribution in [0, 0.1) is 5.82 Å². The molecule has 1 atom stereocenters. The van der Waals surface area contributed by atoms with E-state index in [4.69, 9.17) is 4.74 Å². The van der Waals surface area contributed by atoms with Crippen molar-refractivity contribution < 1.29 is 17.5 Å². The lowest BCUT2D eigenvalue weighted by Gasteiger charge is -2.20. The first kappa shape index (κ1) is 14.4. The first-order valence-electron chi connectivity index (χ1n) is 6.27. The molecule has 1 unspecified atom stereocenters. The van der Waals surface area contributed by atoms with Crippen LogP contribution in [0.3, 0.4) is 0 Å². The minimum absolute atomic E-state index is 0.00649. The molecule has 2 rings (SSSR count). The summed E-state index contributed by atoms with van der Waals surface area (Å²) in [6.45, 7) is 1.08. The fourth-order valence-corrected chi connectivity index (χ4v) is 3.32. The summed E-state index contributed by atoms with van der Waals surface area (Å²) in [5.74, 6) is -0.481. The van der Waals surface area contributed by atoms with Gasteiger partial charge >= 0.3 is 0 Å². The quantitative estimate of drug-likeness (QED) is 0.829. The van der Waals surface area contributed by atoms with Gasteiger partial charge in [-0.1, -0.05) is 12.1 Å². The van der Waals surface area contributed by atoms with Gasteiger partial charge in [-0.3, -0.25) is 0 Å². The fraction of sp³-hybridized carbons (Fsp3) is 0.538. The van der Waals surface area contributed by atoms with Gasteiger partial charge in [0, 0.05) is 20.2 Å². The second kappa shape index (κ2) is 5.98. The smallest absolute Gasteiger partial charge is 0.218 e. The van der Waals surface area contributed by atoms with Gasteiger partial charge in [-0.25, -0.2) is 17.1 Å². The zero-order valence-corrected chi connectivity index (χ0v) is 11.7. The van der Waals surface area contributed by atoms with E-state index in [1.807, 2.05) is 0 Å². The Morgan fingerprint density at radius 2 is 2.05 bits per heavy atom. The van der Waals surface area contributed by atoms with Crippen LogP contribution in [0.5, 0.6) is 0 Å². The molecule has 19 heavy (non-hydrogen) atoms. The van der Waals surface area contributed by atoms with Crippen molar-refractivity contribution in [3.8, 4) is 0 Å². The van der Waals surface area contributed by atoms with Gasteiger partial charge in [0.1, 0.15) is 5.82 Å². The highest BCUT2D eigenvalue weighted by Crippen LogP contribution is 2.16. The number of ether oxygens (including phenoxy) is 1. The van der Waals surface area contributed by atoms with Crippen molar-refractivity contribution >= 4 is 10.0 Å². The normalized spacial score (nSPS) is 20.1. The summed E-state index contributed by atoms with van der Waals surface area (Å²) in [5, 5.41) is 0. The van der Waals surface area contributed by atoms with Crippen LogP contribution in [-0.4, -0.2) is 39.0 Å². The second-order valence-corrected chi connectivity index (χ2v) is 6.87. The highest BCUT2D eigenvalue weighted by Gasteiger charge is 2.24. The number of sulfonamides is 1. The van der Waals surface area contributed by atoms with Crippen LogP contribution in [-0.2, 0) is 20.5 Å². The summed E-state index contributed by atoms with van der Waals surface area (Å²) in [6, 6.07) is 5.52. The third kappa shape index (κ3) is 3.99. The molecule has 1 aliphatic heterocycles. The third-order valence-electron chi connectivity index (χ3n) is 3.22. The molecule has 4 nitrogen and oxygen atoms in total. The molecule has 1 fully saturated rings. The zero-order chi connectivity index (χ0) is 13.9.